The third-order valence-electron chi connectivity index (χ3n) is 5.65. The summed E-state index contributed by atoms with van der Waals surface area (Å²) in [4.78, 5) is 21.3. The summed E-state index contributed by atoms with van der Waals surface area (Å²) in [5.74, 6) is 1.54. The van der Waals surface area contributed by atoms with Gasteiger partial charge in [0.25, 0.3) is 0 Å². The number of amides is 1. The van der Waals surface area contributed by atoms with Gasteiger partial charge in [0.1, 0.15) is 6.04 Å². The topological polar surface area (TPSA) is 58.8 Å². The molecule has 3 aliphatic rings. The first kappa shape index (κ1) is 15.9. The second-order valence-corrected chi connectivity index (χ2v) is 7.46. The van der Waals surface area contributed by atoms with Gasteiger partial charge in [-0.3, -0.25) is 4.79 Å². The SMILES string of the molecule is O=C(CC1CC1)N1Cc2cc(N3CCOCC3)ccc2[C@H]1c1cnco1. The Bertz CT molecular complexity index is 795. The van der Waals surface area contributed by atoms with Gasteiger partial charge in [0.15, 0.2) is 12.2 Å². The van der Waals surface area contributed by atoms with Crippen molar-refractivity contribution in [1.82, 2.24) is 9.88 Å². The summed E-state index contributed by atoms with van der Waals surface area (Å²) in [7, 11) is 0. The van der Waals surface area contributed by atoms with E-state index >= 15 is 0 Å². The lowest BCUT2D eigenvalue weighted by Crippen LogP contribution is -2.36. The monoisotopic (exact) mass is 353 g/mol. The van der Waals surface area contributed by atoms with Crippen molar-refractivity contribution in [2.24, 2.45) is 5.92 Å². The minimum absolute atomic E-state index is 0.155. The Morgan fingerprint density at radius 3 is 2.81 bits per heavy atom. The molecule has 0 N–H and O–H groups in total. The quantitative estimate of drug-likeness (QED) is 0.846. The average molecular weight is 353 g/mol. The van der Waals surface area contributed by atoms with E-state index in [0.29, 0.717) is 18.9 Å². The van der Waals surface area contributed by atoms with E-state index in [0.717, 1.165) is 37.6 Å². The summed E-state index contributed by atoms with van der Waals surface area (Å²) >= 11 is 0. The highest BCUT2D eigenvalue weighted by Gasteiger charge is 2.38. The lowest BCUT2D eigenvalue weighted by Gasteiger charge is -2.29. The summed E-state index contributed by atoms with van der Waals surface area (Å²) in [5, 5.41) is 0. The highest BCUT2D eigenvalue weighted by atomic mass is 16.5. The van der Waals surface area contributed by atoms with Crippen molar-refractivity contribution in [3.63, 3.8) is 0 Å². The summed E-state index contributed by atoms with van der Waals surface area (Å²) < 4.78 is 11.0. The fraction of sp³-hybridized carbons (Fsp3) is 0.500. The van der Waals surface area contributed by atoms with Gasteiger partial charge in [0, 0.05) is 31.7 Å². The fourth-order valence-electron chi connectivity index (χ4n) is 4.04. The van der Waals surface area contributed by atoms with Crippen LogP contribution in [0.25, 0.3) is 0 Å². The van der Waals surface area contributed by atoms with Gasteiger partial charge in [-0.2, -0.15) is 0 Å². The molecular formula is C20H23N3O3. The number of fused-ring (bicyclic) bond motifs is 1. The molecule has 0 bridgehead atoms. The van der Waals surface area contributed by atoms with Gasteiger partial charge in [0.05, 0.1) is 19.4 Å². The molecule has 1 saturated carbocycles. The summed E-state index contributed by atoms with van der Waals surface area (Å²) in [5.41, 5.74) is 3.57. The van der Waals surface area contributed by atoms with Crippen LogP contribution in [0.15, 0.2) is 35.2 Å². The Morgan fingerprint density at radius 1 is 1.23 bits per heavy atom. The zero-order chi connectivity index (χ0) is 17.5. The molecule has 3 heterocycles. The molecule has 0 spiro atoms. The highest BCUT2D eigenvalue weighted by molar-refractivity contribution is 5.79. The molecule has 136 valence electrons. The van der Waals surface area contributed by atoms with Crippen molar-refractivity contribution in [2.75, 3.05) is 31.2 Å². The number of morpholine rings is 1. The molecule has 26 heavy (non-hydrogen) atoms. The summed E-state index contributed by atoms with van der Waals surface area (Å²) in [6, 6.07) is 6.38. The zero-order valence-corrected chi connectivity index (χ0v) is 14.8. The summed E-state index contributed by atoms with van der Waals surface area (Å²) in [6.45, 7) is 4.00. The van der Waals surface area contributed by atoms with Crippen LogP contribution in [-0.2, 0) is 16.1 Å². The maximum absolute atomic E-state index is 12.9. The second-order valence-electron chi connectivity index (χ2n) is 7.46. The van der Waals surface area contributed by atoms with Crippen LogP contribution in [-0.4, -0.2) is 42.1 Å². The van der Waals surface area contributed by atoms with E-state index in [4.69, 9.17) is 9.15 Å². The van der Waals surface area contributed by atoms with E-state index in [-0.39, 0.29) is 11.9 Å². The lowest BCUT2D eigenvalue weighted by molar-refractivity contribution is -0.133. The van der Waals surface area contributed by atoms with E-state index in [1.807, 2.05) is 4.90 Å². The van der Waals surface area contributed by atoms with Crippen LogP contribution in [0, 0.1) is 5.92 Å². The van der Waals surface area contributed by atoms with Gasteiger partial charge >= 0.3 is 0 Å². The van der Waals surface area contributed by atoms with E-state index in [1.165, 1.54) is 30.5 Å². The number of aromatic nitrogens is 1. The molecular weight excluding hydrogens is 330 g/mol. The Balaban J connectivity index is 1.46. The van der Waals surface area contributed by atoms with Crippen LogP contribution >= 0.6 is 0 Å². The van der Waals surface area contributed by atoms with E-state index in [2.05, 4.69) is 28.1 Å². The second kappa shape index (κ2) is 6.43. The fourth-order valence-corrected chi connectivity index (χ4v) is 4.04. The molecule has 1 aromatic carbocycles. The van der Waals surface area contributed by atoms with Crippen molar-refractivity contribution in [2.45, 2.75) is 31.8 Å². The van der Waals surface area contributed by atoms with Crippen LogP contribution in [0.5, 0.6) is 0 Å². The molecule has 1 saturated heterocycles. The largest absolute Gasteiger partial charge is 0.446 e. The lowest BCUT2D eigenvalue weighted by atomic mass is 10.0. The number of hydrogen-bond acceptors (Lipinski definition) is 5. The van der Waals surface area contributed by atoms with Gasteiger partial charge in [-0.1, -0.05) is 6.07 Å². The molecule has 1 atom stereocenters. The zero-order valence-electron chi connectivity index (χ0n) is 14.8. The number of nitrogens with zero attached hydrogens (tertiary/aromatic N) is 3. The van der Waals surface area contributed by atoms with Gasteiger partial charge in [0.2, 0.25) is 5.91 Å². The first-order valence-electron chi connectivity index (χ1n) is 9.43. The predicted octanol–water partition coefficient (Wildman–Crippen LogP) is 2.74. The third kappa shape index (κ3) is 2.88. The van der Waals surface area contributed by atoms with Crippen LogP contribution in [0.3, 0.4) is 0 Å². The molecule has 0 unspecified atom stereocenters. The minimum Gasteiger partial charge on any atom is -0.446 e. The van der Waals surface area contributed by atoms with Crippen molar-refractivity contribution in [3.05, 3.63) is 47.7 Å². The van der Waals surface area contributed by atoms with Crippen LogP contribution in [0.4, 0.5) is 5.69 Å². The normalized spacial score (nSPS) is 22.5. The molecule has 6 nitrogen and oxygen atoms in total. The number of hydrogen-bond donors (Lipinski definition) is 0. The first-order valence-corrected chi connectivity index (χ1v) is 9.43. The Hall–Kier alpha value is -2.34. The molecule has 2 aromatic rings. The third-order valence-corrected chi connectivity index (χ3v) is 5.65. The standard InChI is InChI=1S/C20H23N3O3/c24-19(9-14-1-2-14)23-12-15-10-16(22-5-7-25-8-6-22)3-4-17(15)20(23)18-11-21-13-26-18/h3-4,10-11,13-14,20H,1-2,5-9,12H2/t20-/m0/s1. The molecule has 1 aliphatic carbocycles. The smallest absolute Gasteiger partial charge is 0.224 e. The molecule has 6 heteroatoms. The Morgan fingerprint density at radius 2 is 2.08 bits per heavy atom. The molecule has 5 rings (SSSR count). The van der Waals surface area contributed by atoms with Crippen LogP contribution in [0.1, 0.15) is 42.2 Å². The predicted molar refractivity (Wildman–Crippen MR) is 95.7 cm³/mol. The average Bonchev–Trinajstić information content (AvgIpc) is 3.19. The van der Waals surface area contributed by atoms with Crippen LogP contribution < -0.4 is 4.90 Å². The van der Waals surface area contributed by atoms with Crippen molar-refractivity contribution < 1.29 is 13.9 Å². The maximum Gasteiger partial charge on any atom is 0.224 e. The van der Waals surface area contributed by atoms with E-state index in [9.17, 15) is 4.79 Å². The van der Waals surface area contributed by atoms with Crippen molar-refractivity contribution in [1.29, 1.82) is 0 Å². The first-order chi connectivity index (χ1) is 12.8. The van der Waals surface area contributed by atoms with Crippen molar-refractivity contribution in [3.8, 4) is 0 Å². The molecule has 2 fully saturated rings. The number of ether oxygens (including phenoxy) is 1. The highest BCUT2D eigenvalue weighted by Crippen LogP contribution is 2.42. The Kier molecular flexibility index (Phi) is 3.93. The number of carbonyl (C=O) groups excluding carboxylic acids is 1. The minimum atomic E-state index is -0.155. The number of oxazole rings is 1. The van der Waals surface area contributed by atoms with Gasteiger partial charge < -0.3 is 19.0 Å². The number of rotatable bonds is 4. The number of anilines is 1. The van der Waals surface area contributed by atoms with Gasteiger partial charge in [-0.25, -0.2) is 4.98 Å². The number of benzene rings is 1. The van der Waals surface area contributed by atoms with Gasteiger partial charge in [-0.15, -0.1) is 0 Å². The summed E-state index contributed by atoms with van der Waals surface area (Å²) in [6.07, 6.45) is 6.18. The molecule has 2 aliphatic heterocycles. The molecule has 1 aromatic heterocycles. The van der Waals surface area contributed by atoms with Gasteiger partial charge in [-0.05, 0) is 42.0 Å². The molecule has 1 amide bonds. The molecule has 0 radical (unpaired) electrons. The van der Waals surface area contributed by atoms with E-state index in [1.54, 1.807) is 6.20 Å². The maximum atomic E-state index is 12.9. The van der Waals surface area contributed by atoms with Crippen LogP contribution in [0.2, 0.25) is 0 Å². The Labute approximate surface area is 152 Å². The van der Waals surface area contributed by atoms with E-state index < -0.39 is 0 Å². The van der Waals surface area contributed by atoms with Crippen molar-refractivity contribution >= 4 is 11.6 Å². The number of carbonyl (C=O) groups is 1.